The van der Waals surface area contributed by atoms with Gasteiger partial charge < -0.3 is 34.5 Å². The second kappa shape index (κ2) is 11.8. The van der Waals surface area contributed by atoms with Crippen LogP contribution in [-0.4, -0.2) is 75.9 Å². The molecule has 3 amide bonds. The van der Waals surface area contributed by atoms with Crippen LogP contribution in [0.25, 0.3) is 0 Å². The maximum Gasteiger partial charge on any atom is 0.253 e. The van der Waals surface area contributed by atoms with Crippen molar-refractivity contribution in [3.05, 3.63) is 53.6 Å². The van der Waals surface area contributed by atoms with E-state index < -0.39 is 6.04 Å². The highest BCUT2D eigenvalue weighted by Gasteiger charge is 2.34. The first-order chi connectivity index (χ1) is 17.5. The summed E-state index contributed by atoms with van der Waals surface area (Å²) in [5.41, 5.74) is 0.959. The fourth-order valence-electron chi connectivity index (χ4n) is 4.40. The van der Waals surface area contributed by atoms with Crippen LogP contribution < -0.4 is 24.8 Å². The lowest BCUT2D eigenvalue weighted by Gasteiger charge is -2.36. The summed E-state index contributed by atoms with van der Waals surface area (Å²) in [6.07, 6.45) is 1.14. The molecule has 1 atom stereocenters. The molecule has 10 nitrogen and oxygen atoms in total. The first kappa shape index (κ1) is 25.3. The average molecular weight is 498 g/mol. The van der Waals surface area contributed by atoms with E-state index in [2.05, 4.69) is 10.6 Å². The molecule has 192 valence electrons. The Bertz CT molecular complexity index is 1080. The summed E-state index contributed by atoms with van der Waals surface area (Å²) in [6, 6.07) is 11.1. The van der Waals surface area contributed by atoms with E-state index in [9.17, 15) is 14.4 Å². The monoisotopic (exact) mass is 497 g/mol. The van der Waals surface area contributed by atoms with Gasteiger partial charge >= 0.3 is 0 Å². The number of benzene rings is 2. The maximum atomic E-state index is 13.1. The summed E-state index contributed by atoms with van der Waals surface area (Å²) in [5.74, 6) is 0.980. The number of carbonyl (C=O) groups excluding carboxylic acids is 3. The first-order valence-electron chi connectivity index (χ1n) is 11.9. The quantitative estimate of drug-likeness (QED) is 0.508. The number of rotatable bonds is 9. The van der Waals surface area contributed by atoms with Crippen LogP contribution in [0.1, 0.15) is 33.6 Å². The van der Waals surface area contributed by atoms with Crippen molar-refractivity contribution in [3.63, 3.8) is 0 Å². The third-order valence-electron chi connectivity index (χ3n) is 6.44. The van der Waals surface area contributed by atoms with Gasteiger partial charge in [0.25, 0.3) is 11.8 Å². The molecular weight excluding hydrogens is 466 g/mol. The van der Waals surface area contributed by atoms with E-state index in [1.54, 1.807) is 61.6 Å². The number of piperidine rings is 1. The molecule has 0 spiro atoms. The maximum absolute atomic E-state index is 13.1. The minimum Gasteiger partial charge on any atom is -0.497 e. The smallest absolute Gasteiger partial charge is 0.253 e. The topological polar surface area (TPSA) is 115 Å². The number of carbonyl (C=O) groups is 3. The number of hydrogen-bond acceptors (Lipinski definition) is 7. The van der Waals surface area contributed by atoms with Crippen molar-refractivity contribution in [2.45, 2.75) is 18.9 Å². The summed E-state index contributed by atoms with van der Waals surface area (Å²) < 4.78 is 20.9. The second-order valence-electron chi connectivity index (χ2n) is 8.66. The van der Waals surface area contributed by atoms with Gasteiger partial charge in [0.05, 0.1) is 13.7 Å². The average Bonchev–Trinajstić information content (AvgIpc) is 3.39. The van der Waals surface area contributed by atoms with E-state index in [4.69, 9.17) is 18.9 Å². The number of methoxy groups -OCH3 is 2. The molecule has 0 radical (unpaired) electrons. The van der Waals surface area contributed by atoms with Gasteiger partial charge in [0.15, 0.2) is 11.5 Å². The molecule has 1 fully saturated rings. The Morgan fingerprint density at radius 3 is 2.39 bits per heavy atom. The summed E-state index contributed by atoms with van der Waals surface area (Å²) >= 11 is 0. The Labute approximate surface area is 209 Å². The Balaban J connectivity index is 1.41. The molecule has 36 heavy (non-hydrogen) atoms. The zero-order valence-corrected chi connectivity index (χ0v) is 20.5. The van der Waals surface area contributed by atoms with Crippen LogP contribution in [0.15, 0.2) is 42.5 Å². The second-order valence-corrected chi connectivity index (χ2v) is 8.66. The van der Waals surface area contributed by atoms with Crippen molar-refractivity contribution >= 4 is 17.7 Å². The zero-order chi connectivity index (χ0) is 25.5. The van der Waals surface area contributed by atoms with Gasteiger partial charge in [-0.05, 0) is 61.2 Å². The Hall–Kier alpha value is -3.79. The molecule has 2 heterocycles. The lowest BCUT2D eigenvalue weighted by Crippen LogP contribution is -2.54. The van der Waals surface area contributed by atoms with E-state index in [-0.39, 0.29) is 30.4 Å². The fraction of sp³-hybridized carbons (Fsp3) is 0.423. The standard InChI is InChI=1S/C26H31N3O7/c1-33-14-11-27-25(31)23(28-24(30)18-3-6-20(34-2)7-4-18)17-9-12-29(13-10-17)26(32)19-5-8-21-22(15-19)36-16-35-21/h3-8,15,17,23H,9-14,16H2,1-2H3,(H,27,31)(H,28,30). The van der Waals surface area contributed by atoms with Crippen LogP contribution in [0.4, 0.5) is 0 Å². The molecule has 0 bridgehead atoms. The Morgan fingerprint density at radius 2 is 1.69 bits per heavy atom. The molecule has 2 aliphatic rings. The number of ether oxygens (including phenoxy) is 4. The molecule has 2 N–H and O–H groups in total. The Morgan fingerprint density at radius 1 is 1.00 bits per heavy atom. The predicted molar refractivity (Wildman–Crippen MR) is 130 cm³/mol. The van der Waals surface area contributed by atoms with Crippen molar-refractivity contribution in [1.29, 1.82) is 0 Å². The number of hydrogen-bond donors (Lipinski definition) is 2. The van der Waals surface area contributed by atoms with Gasteiger partial charge in [0.2, 0.25) is 12.7 Å². The van der Waals surface area contributed by atoms with E-state index in [0.717, 1.165) is 0 Å². The summed E-state index contributed by atoms with van der Waals surface area (Å²) in [4.78, 5) is 40.8. The van der Waals surface area contributed by atoms with Crippen LogP contribution in [0.3, 0.4) is 0 Å². The number of nitrogens with zero attached hydrogens (tertiary/aromatic N) is 1. The van der Waals surface area contributed by atoms with Crippen LogP contribution in [0, 0.1) is 5.92 Å². The highest BCUT2D eigenvalue weighted by atomic mass is 16.7. The number of fused-ring (bicyclic) bond motifs is 1. The van der Waals surface area contributed by atoms with Gasteiger partial charge in [-0.2, -0.15) is 0 Å². The first-order valence-corrected chi connectivity index (χ1v) is 11.9. The third-order valence-corrected chi connectivity index (χ3v) is 6.44. The largest absolute Gasteiger partial charge is 0.497 e. The molecule has 2 aromatic carbocycles. The van der Waals surface area contributed by atoms with E-state index in [1.165, 1.54) is 0 Å². The lowest BCUT2D eigenvalue weighted by molar-refractivity contribution is -0.124. The molecule has 0 aliphatic carbocycles. The third kappa shape index (κ3) is 5.88. The zero-order valence-electron chi connectivity index (χ0n) is 20.5. The molecule has 0 saturated carbocycles. The fourth-order valence-corrected chi connectivity index (χ4v) is 4.40. The predicted octanol–water partition coefficient (Wildman–Crippen LogP) is 1.84. The van der Waals surface area contributed by atoms with Crippen LogP contribution in [0.2, 0.25) is 0 Å². The highest BCUT2D eigenvalue weighted by Crippen LogP contribution is 2.33. The molecule has 4 rings (SSSR count). The number of likely N-dealkylation sites (tertiary alicyclic amines) is 1. The minimum absolute atomic E-state index is 0.102. The van der Waals surface area contributed by atoms with E-state index in [0.29, 0.717) is 67.5 Å². The molecule has 1 unspecified atom stereocenters. The minimum atomic E-state index is -0.737. The Kier molecular flexibility index (Phi) is 8.27. The van der Waals surface area contributed by atoms with E-state index >= 15 is 0 Å². The summed E-state index contributed by atoms with van der Waals surface area (Å²) in [7, 11) is 3.11. The van der Waals surface area contributed by atoms with Crippen molar-refractivity contribution in [1.82, 2.24) is 15.5 Å². The van der Waals surface area contributed by atoms with Gasteiger partial charge in [-0.1, -0.05) is 0 Å². The van der Waals surface area contributed by atoms with Crippen LogP contribution in [0.5, 0.6) is 17.2 Å². The lowest BCUT2D eigenvalue weighted by atomic mass is 9.88. The van der Waals surface area contributed by atoms with Gasteiger partial charge in [-0.25, -0.2) is 0 Å². The molecule has 1 saturated heterocycles. The van der Waals surface area contributed by atoms with Crippen molar-refractivity contribution < 1.29 is 33.3 Å². The summed E-state index contributed by atoms with van der Waals surface area (Å²) in [6.45, 7) is 1.80. The van der Waals surface area contributed by atoms with Crippen LogP contribution >= 0.6 is 0 Å². The van der Waals surface area contributed by atoms with Gasteiger partial charge in [0.1, 0.15) is 11.8 Å². The molecule has 2 aromatic rings. The molecular formula is C26H31N3O7. The molecule has 2 aliphatic heterocycles. The van der Waals surface area contributed by atoms with Crippen molar-refractivity contribution in [3.8, 4) is 17.2 Å². The molecule has 0 aromatic heterocycles. The normalized spacial score (nSPS) is 15.8. The van der Waals surface area contributed by atoms with Crippen molar-refractivity contribution in [2.24, 2.45) is 5.92 Å². The SMILES string of the molecule is COCCNC(=O)C(NC(=O)c1ccc(OC)cc1)C1CCN(C(=O)c2ccc3c(c2)OCO3)CC1. The number of amides is 3. The highest BCUT2D eigenvalue weighted by molar-refractivity contribution is 5.98. The van der Waals surface area contributed by atoms with Gasteiger partial charge in [-0.15, -0.1) is 0 Å². The van der Waals surface area contributed by atoms with Gasteiger partial charge in [0, 0.05) is 37.9 Å². The molecule has 10 heteroatoms. The number of nitrogens with one attached hydrogen (secondary N) is 2. The van der Waals surface area contributed by atoms with Gasteiger partial charge in [-0.3, -0.25) is 14.4 Å². The van der Waals surface area contributed by atoms with Crippen molar-refractivity contribution in [2.75, 3.05) is 47.3 Å². The van der Waals surface area contributed by atoms with Crippen LogP contribution in [-0.2, 0) is 9.53 Å². The van der Waals surface area contributed by atoms with E-state index in [1.807, 2.05) is 0 Å². The summed E-state index contributed by atoms with van der Waals surface area (Å²) in [5, 5.41) is 5.74.